The van der Waals surface area contributed by atoms with E-state index in [4.69, 9.17) is 0 Å². The molecule has 1 aliphatic heterocycles. The highest BCUT2D eigenvalue weighted by Crippen LogP contribution is 2.15. The van der Waals surface area contributed by atoms with Crippen molar-refractivity contribution in [2.45, 2.75) is 19.4 Å². The standard InChI is InChI=1S/C12H16N4/c1-3-10(7-13-5-1)8-16-9-15-11-4-2-6-14-12(11)16/h2,4,6,9-10,13H,1,3,5,7-8H2/t10-/m1/s1. The first-order valence-corrected chi connectivity index (χ1v) is 5.90. The van der Waals surface area contributed by atoms with Crippen LogP contribution in [0.1, 0.15) is 12.8 Å². The van der Waals surface area contributed by atoms with Crippen molar-refractivity contribution >= 4 is 11.2 Å². The van der Waals surface area contributed by atoms with Gasteiger partial charge in [0.05, 0.1) is 6.33 Å². The van der Waals surface area contributed by atoms with E-state index in [1.807, 2.05) is 24.7 Å². The van der Waals surface area contributed by atoms with Crippen molar-refractivity contribution < 1.29 is 0 Å². The molecule has 4 nitrogen and oxygen atoms in total. The quantitative estimate of drug-likeness (QED) is 0.825. The van der Waals surface area contributed by atoms with Crippen LogP contribution < -0.4 is 5.32 Å². The molecule has 0 spiro atoms. The Morgan fingerprint density at radius 3 is 3.31 bits per heavy atom. The predicted octanol–water partition coefficient (Wildman–Crippen LogP) is 1.43. The van der Waals surface area contributed by atoms with E-state index in [0.29, 0.717) is 5.92 Å². The lowest BCUT2D eigenvalue weighted by molar-refractivity contribution is 0.339. The Morgan fingerprint density at radius 1 is 1.44 bits per heavy atom. The Bertz CT molecular complexity index is 471. The summed E-state index contributed by atoms with van der Waals surface area (Å²) in [5.74, 6) is 0.716. The molecule has 2 aromatic heterocycles. The fourth-order valence-corrected chi connectivity index (χ4v) is 2.39. The van der Waals surface area contributed by atoms with Crippen LogP contribution in [0, 0.1) is 5.92 Å². The summed E-state index contributed by atoms with van der Waals surface area (Å²) >= 11 is 0. The van der Waals surface area contributed by atoms with Crippen molar-refractivity contribution in [2.75, 3.05) is 13.1 Å². The number of hydrogen-bond donors (Lipinski definition) is 1. The van der Waals surface area contributed by atoms with Gasteiger partial charge in [-0.2, -0.15) is 0 Å². The Balaban J connectivity index is 1.83. The first-order valence-electron chi connectivity index (χ1n) is 5.90. The average Bonchev–Trinajstić information content (AvgIpc) is 2.74. The molecule has 1 N–H and O–H groups in total. The average molecular weight is 216 g/mol. The van der Waals surface area contributed by atoms with E-state index < -0.39 is 0 Å². The molecular weight excluding hydrogens is 200 g/mol. The number of imidazole rings is 1. The van der Waals surface area contributed by atoms with Gasteiger partial charge in [-0.1, -0.05) is 0 Å². The lowest BCUT2D eigenvalue weighted by Crippen LogP contribution is -2.32. The molecule has 16 heavy (non-hydrogen) atoms. The van der Waals surface area contributed by atoms with Crippen LogP contribution in [-0.4, -0.2) is 27.6 Å². The molecular formula is C12H16N4. The summed E-state index contributed by atoms with van der Waals surface area (Å²) in [5, 5.41) is 3.44. The normalized spacial score (nSPS) is 21.4. The summed E-state index contributed by atoms with van der Waals surface area (Å²) in [6.45, 7) is 3.31. The highest BCUT2D eigenvalue weighted by molar-refractivity contribution is 5.69. The first kappa shape index (κ1) is 9.78. The third kappa shape index (κ3) is 1.80. The molecule has 0 aliphatic carbocycles. The molecule has 1 saturated heterocycles. The molecule has 0 amide bonds. The van der Waals surface area contributed by atoms with Crippen molar-refractivity contribution in [2.24, 2.45) is 5.92 Å². The smallest absolute Gasteiger partial charge is 0.159 e. The lowest BCUT2D eigenvalue weighted by Gasteiger charge is -2.22. The van der Waals surface area contributed by atoms with E-state index in [-0.39, 0.29) is 0 Å². The van der Waals surface area contributed by atoms with E-state index in [2.05, 4.69) is 19.9 Å². The predicted molar refractivity (Wildman–Crippen MR) is 63.1 cm³/mol. The maximum Gasteiger partial charge on any atom is 0.159 e. The number of aromatic nitrogens is 3. The molecule has 1 aliphatic rings. The summed E-state index contributed by atoms with van der Waals surface area (Å²) in [6.07, 6.45) is 6.33. The van der Waals surface area contributed by atoms with Gasteiger partial charge in [0.1, 0.15) is 5.52 Å². The third-order valence-electron chi connectivity index (χ3n) is 3.23. The van der Waals surface area contributed by atoms with Gasteiger partial charge in [0.2, 0.25) is 0 Å². The van der Waals surface area contributed by atoms with E-state index in [0.717, 1.165) is 24.3 Å². The summed E-state index contributed by atoms with van der Waals surface area (Å²) in [7, 11) is 0. The number of hydrogen-bond acceptors (Lipinski definition) is 3. The van der Waals surface area contributed by atoms with Crippen molar-refractivity contribution in [3.8, 4) is 0 Å². The molecule has 1 fully saturated rings. The maximum absolute atomic E-state index is 4.39. The molecule has 0 radical (unpaired) electrons. The molecule has 0 saturated carbocycles. The molecule has 3 heterocycles. The van der Waals surface area contributed by atoms with E-state index in [1.165, 1.54) is 19.4 Å². The van der Waals surface area contributed by atoms with Crippen LogP contribution in [-0.2, 0) is 6.54 Å². The number of fused-ring (bicyclic) bond motifs is 1. The first-order chi connectivity index (χ1) is 7.93. The number of nitrogens with zero attached hydrogens (tertiary/aromatic N) is 3. The maximum atomic E-state index is 4.39. The minimum Gasteiger partial charge on any atom is -0.316 e. The Kier molecular flexibility index (Phi) is 2.58. The molecule has 3 rings (SSSR count). The highest BCUT2D eigenvalue weighted by Gasteiger charge is 2.14. The second-order valence-electron chi connectivity index (χ2n) is 4.46. The van der Waals surface area contributed by atoms with Crippen LogP contribution in [0.15, 0.2) is 24.7 Å². The number of rotatable bonds is 2. The van der Waals surface area contributed by atoms with Gasteiger partial charge in [0.15, 0.2) is 5.65 Å². The second kappa shape index (κ2) is 4.22. The van der Waals surface area contributed by atoms with Crippen LogP contribution in [0.25, 0.3) is 11.2 Å². The molecule has 0 aromatic carbocycles. The van der Waals surface area contributed by atoms with Crippen molar-refractivity contribution in [1.82, 2.24) is 19.9 Å². The van der Waals surface area contributed by atoms with E-state index in [1.54, 1.807) is 0 Å². The third-order valence-corrected chi connectivity index (χ3v) is 3.23. The molecule has 0 bridgehead atoms. The van der Waals surface area contributed by atoms with Gasteiger partial charge in [0, 0.05) is 12.7 Å². The molecule has 2 aromatic rings. The lowest BCUT2D eigenvalue weighted by atomic mass is 10.00. The van der Waals surface area contributed by atoms with Gasteiger partial charge in [-0.05, 0) is 44.0 Å². The largest absolute Gasteiger partial charge is 0.316 e. The van der Waals surface area contributed by atoms with Gasteiger partial charge in [-0.15, -0.1) is 0 Å². The SMILES string of the molecule is c1cnc2c(c1)ncn2C[C@@H]1CCCNC1. The fraction of sp³-hybridized carbons (Fsp3) is 0.500. The van der Waals surface area contributed by atoms with Crippen molar-refractivity contribution in [1.29, 1.82) is 0 Å². The van der Waals surface area contributed by atoms with E-state index in [9.17, 15) is 0 Å². The fourth-order valence-electron chi connectivity index (χ4n) is 2.39. The number of nitrogens with one attached hydrogen (secondary N) is 1. The monoisotopic (exact) mass is 216 g/mol. The van der Waals surface area contributed by atoms with Gasteiger partial charge in [-0.3, -0.25) is 0 Å². The zero-order valence-electron chi connectivity index (χ0n) is 9.26. The number of pyridine rings is 1. The van der Waals surface area contributed by atoms with Crippen LogP contribution in [0.5, 0.6) is 0 Å². The minimum absolute atomic E-state index is 0.716. The summed E-state index contributed by atoms with van der Waals surface area (Å²) in [4.78, 5) is 8.75. The molecule has 4 heteroatoms. The van der Waals surface area contributed by atoms with Gasteiger partial charge >= 0.3 is 0 Å². The Labute approximate surface area is 94.7 Å². The topological polar surface area (TPSA) is 42.7 Å². The Hall–Kier alpha value is -1.42. The zero-order chi connectivity index (χ0) is 10.8. The van der Waals surface area contributed by atoms with E-state index >= 15 is 0 Å². The van der Waals surface area contributed by atoms with Crippen LogP contribution in [0.3, 0.4) is 0 Å². The molecule has 84 valence electrons. The highest BCUT2D eigenvalue weighted by atomic mass is 15.1. The van der Waals surface area contributed by atoms with Crippen LogP contribution >= 0.6 is 0 Å². The summed E-state index contributed by atoms with van der Waals surface area (Å²) in [5.41, 5.74) is 2.00. The molecule has 0 unspecified atom stereocenters. The van der Waals surface area contributed by atoms with Gasteiger partial charge in [-0.25, -0.2) is 9.97 Å². The molecule has 1 atom stereocenters. The second-order valence-corrected chi connectivity index (χ2v) is 4.46. The van der Waals surface area contributed by atoms with Crippen LogP contribution in [0.4, 0.5) is 0 Å². The summed E-state index contributed by atoms with van der Waals surface area (Å²) in [6, 6.07) is 3.94. The number of piperidine rings is 1. The van der Waals surface area contributed by atoms with Gasteiger partial charge in [0.25, 0.3) is 0 Å². The zero-order valence-corrected chi connectivity index (χ0v) is 9.26. The summed E-state index contributed by atoms with van der Waals surface area (Å²) < 4.78 is 2.17. The van der Waals surface area contributed by atoms with Crippen LogP contribution in [0.2, 0.25) is 0 Å². The van der Waals surface area contributed by atoms with Crippen molar-refractivity contribution in [3.05, 3.63) is 24.7 Å². The van der Waals surface area contributed by atoms with Gasteiger partial charge < -0.3 is 9.88 Å². The van der Waals surface area contributed by atoms with Crippen molar-refractivity contribution in [3.63, 3.8) is 0 Å². The Morgan fingerprint density at radius 2 is 2.44 bits per heavy atom. The minimum atomic E-state index is 0.716.